The van der Waals surface area contributed by atoms with E-state index in [1.54, 1.807) is 6.07 Å². The van der Waals surface area contributed by atoms with Crippen LogP contribution in [-0.2, 0) is 20.9 Å². The smallest absolute Gasteiger partial charge is 0.308 e. The van der Waals surface area contributed by atoms with Gasteiger partial charge >= 0.3 is 5.97 Å². The number of thiophene rings is 1. The van der Waals surface area contributed by atoms with Crippen LogP contribution in [0.1, 0.15) is 21.9 Å². The van der Waals surface area contributed by atoms with Gasteiger partial charge in [0.25, 0.3) is 11.8 Å². The Morgan fingerprint density at radius 2 is 2.04 bits per heavy atom. The molecule has 8 heteroatoms. The maximum absolute atomic E-state index is 11.5. The van der Waals surface area contributed by atoms with Gasteiger partial charge in [-0.05, 0) is 23.6 Å². The van der Waals surface area contributed by atoms with Crippen LogP contribution in [0.15, 0.2) is 40.3 Å². The zero-order valence-corrected chi connectivity index (χ0v) is 13.1. The molecule has 0 atom stereocenters. The van der Waals surface area contributed by atoms with Crippen molar-refractivity contribution in [2.24, 2.45) is 0 Å². The third-order valence-electron chi connectivity index (χ3n) is 2.76. The van der Waals surface area contributed by atoms with Gasteiger partial charge in [-0.3, -0.25) is 14.4 Å². The van der Waals surface area contributed by atoms with Gasteiger partial charge in [-0.15, -0.1) is 11.3 Å². The lowest BCUT2D eigenvalue weighted by Crippen LogP contribution is -2.30. The quantitative estimate of drug-likeness (QED) is 0.709. The SMILES string of the molecule is O=C(COC(=O)CCNC(=O)c1ccco1)NCc1cccs1. The van der Waals surface area contributed by atoms with E-state index in [1.165, 1.54) is 23.7 Å². The summed E-state index contributed by atoms with van der Waals surface area (Å²) in [6.45, 7) is 0.179. The van der Waals surface area contributed by atoms with Crippen LogP contribution in [0.4, 0.5) is 0 Å². The van der Waals surface area contributed by atoms with Gasteiger partial charge in [0.05, 0.1) is 19.2 Å². The van der Waals surface area contributed by atoms with Crippen molar-refractivity contribution in [3.63, 3.8) is 0 Å². The summed E-state index contributed by atoms with van der Waals surface area (Å²) in [5.41, 5.74) is 0. The first-order valence-electron chi connectivity index (χ1n) is 6.91. The minimum absolute atomic E-state index is 0.0232. The van der Waals surface area contributed by atoms with Crippen molar-refractivity contribution in [1.29, 1.82) is 0 Å². The molecule has 0 aliphatic rings. The average molecular weight is 336 g/mol. The molecule has 2 N–H and O–H groups in total. The molecule has 0 fully saturated rings. The Kier molecular flexibility index (Phi) is 6.37. The molecule has 122 valence electrons. The Balaban J connectivity index is 1.56. The molecule has 7 nitrogen and oxygen atoms in total. The summed E-state index contributed by atoms with van der Waals surface area (Å²) in [7, 11) is 0. The van der Waals surface area contributed by atoms with E-state index in [4.69, 9.17) is 9.15 Å². The molecule has 0 spiro atoms. The Morgan fingerprint density at radius 1 is 1.17 bits per heavy atom. The van der Waals surface area contributed by atoms with E-state index >= 15 is 0 Å². The molecule has 2 rings (SSSR count). The molecule has 0 bridgehead atoms. The van der Waals surface area contributed by atoms with Crippen molar-refractivity contribution in [2.75, 3.05) is 13.2 Å². The lowest BCUT2D eigenvalue weighted by molar-refractivity contribution is -0.148. The highest BCUT2D eigenvalue weighted by Gasteiger charge is 2.10. The summed E-state index contributed by atoms with van der Waals surface area (Å²) in [5.74, 6) is -1.16. The van der Waals surface area contributed by atoms with Crippen LogP contribution in [-0.4, -0.2) is 30.9 Å². The van der Waals surface area contributed by atoms with Crippen LogP contribution in [0, 0.1) is 0 Å². The summed E-state index contributed by atoms with van der Waals surface area (Å²) in [4.78, 5) is 35.5. The Morgan fingerprint density at radius 3 is 2.74 bits per heavy atom. The van der Waals surface area contributed by atoms with Gasteiger partial charge in [0.15, 0.2) is 12.4 Å². The highest BCUT2D eigenvalue weighted by atomic mass is 32.1. The van der Waals surface area contributed by atoms with E-state index in [2.05, 4.69) is 10.6 Å². The first kappa shape index (κ1) is 16.8. The molecular weight excluding hydrogens is 320 g/mol. The molecule has 0 saturated heterocycles. The molecule has 23 heavy (non-hydrogen) atoms. The van der Waals surface area contributed by atoms with Crippen molar-refractivity contribution in [3.05, 3.63) is 46.5 Å². The second-order valence-corrected chi connectivity index (χ2v) is 5.53. The van der Waals surface area contributed by atoms with E-state index in [9.17, 15) is 14.4 Å². The van der Waals surface area contributed by atoms with E-state index in [-0.39, 0.29) is 31.2 Å². The summed E-state index contributed by atoms with van der Waals surface area (Å²) in [6.07, 6.45) is 1.36. The number of esters is 1. The average Bonchev–Trinajstić information content (AvgIpc) is 3.23. The number of hydrogen-bond donors (Lipinski definition) is 2. The molecule has 0 saturated carbocycles. The number of ether oxygens (including phenoxy) is 1. The zero-order chi connectivity index (χ0) is 16.5. The number of amides is 2. The number of hydrogen-bond acceptors (Lipinski definition) is 6. The Hall–Kier alpha value is -2.61. The summed E-state index contributed by atoms with van der Waals surface area (Å²) < 4.78 is 9.73. The third-order valence-corrected chi connectivity index (χ3v) is 3.64. The standard InChI is InChI=1S/C15H16N2O5S/c18-13(17-9-11-3-2-8-23-11)10-22-14(19)5-6-16-15(20)12-4-1-7-21-12/h1-4,7-8H,5-6,9-10H2,(H,16,20)(H,17,18). The molecule has 2 aromatic heterocycles. The van der Waals surface area contributed by atoms with Crippen molar-refractivity contribution in [2.45, 2.75) is 13.0 Å². The monoisotopic (exact) mass is 336 g/mol. The van der Waals surface area contributed by atoms with E-state index < -0.39 is 11.9 Å². The lowest BCUT2D eigenvalue weighted by Gasteiger charge is -2.06. The van der Waals surface area contributed by atoms with Crippen LogP contribution in [0.3, 0.4) is 0 Å². The lowest BCUT2D eigenvalue weighted by atomic mass is 10.4. The number of carbonyl (C=O) groups is 3. The van der Waals surface area contributed by atoms with Crippen LogP contribution in [0.25, 0.3) is 0 Å². The second kappa shape index (κ2) is 8.74. The normalized spacial score (nSPS) is 10.1. The first-order chi connectivity index (χ1) is 11.1. The molecule has 2 aromatic rings. The van der Waals surface area contributed by atoms with E-state index in [1.807, 2.05) is 17.5 Å². The first-order valence-corrected chi connectivity index (χ1v) is 7.79. The summed E-state index contributed by atoms with van der Waals surface area (Å²) in [5, 5.41) is 7.08. The molecule has 2 heterocycles. The van der Waals surface area contributed by atoms with E-state index in [0.717, 1.165) is 4.88 Å². The fourth-order valence-corrected chi connectivity index (χ4v) is 2.29. The maximum atomic E-state index is 11.5. The topological polar surface area (TPSA) is 97.6 Å². The number of carbonyl (C=O) groups excluding carboxylic acids is 3. The zero-order valence-electron chi connectivity index (χ0n) is 12.2. The fraction of sp³-hybridized carbons (Fsp3) is 0.267. The molecule has 0 aromatic carbocycles. The number of nitrogens with one attached hydrogen (secondary N) is 2. The highest BCUT2D eigenvalue weighted by Crippen LogP contribution is 2.07. The van der Waals surface area contributed by atoms with Crippen molar-refractivity contribution in [1.82, 2.24) is 10.6 Å². The maximum Gasteiger partial charge on any atom is 0.308 e. The van der Waals surface area contributed by atoms with Crippen molar-refractivity contribution in [3.8, 4) is 0 Å². The predicted molar refractivity (Wildman–Crippen MR) is 82.8 cm³/mol. The van der Waals surface area contributed by atoms with Crippen LogP contribution in [0.2, 0.25) is 0 Å². The van der Waals surface area contributed by atoms with Gasteiger partial charge in [-0.2, -0.15) is 0 Å². The molecule has 2 amide bonds. The molecular formula is C15H16N2O5S. The molecule has 0 radical (unpaired) electrons. The number of furan rings is 1. The largest absolute Gasteiger partial charge is 0.459 e. The van der Waals surface area contributed by atoms with Gasteiger partial charge in [0.1, 0.15) is 0 Å². The van der Waals surface area contributed by atoms with Gasteiger partial charge < -0.3 is 19.8 Å². The third kappa shape index (κ3) is 5.95. The molecule has 0 unspecified atom stereocenters. The minimum Gasteiger partial charge on any atom is -0.459 e. The predicted octanol–water partition coefficient (Wildman–Crippen LogP) is 1.32. The Labute approximate surface area is 136 Å². The van der Waals surface area contributed by atoms with Crippen LogP contribution in [0.5, 0.6) is 0 Å². The molecule has 0 aliphatic carbocycles. The van der Waals surface area contributed by atoms with Crippen molar-refractivity contribution < 1.29 is 23.5 Å². The van der Waals surface area contributed by atoms with Gasteiger partial charge in [0, 0.05) is 11.4 Å². The van der Waals surface area contributed by atoms with Crippen molar-refractivity contribution >= 4 is 29.1 Å². The summed E-state index contributed by atoms with van der Waals surface area (Å²) in [6, 6.07) is 6.91. The number of rotatable bonds is 8. The fourth-order valence-electron chi connectivity index (χ4n) is 1.64. The van der Waals surface area contributed by atoms with Crippen LogP contribution < -0.4 is 10.6 Å². The van der Waals surface area contributed by atoms with E-state index in [0.29, 0.717) is 6.54 Å². The second-order valence-electron chi connectivity index (χ2n) is 4.50. The highest BCUT2D eigenvalue weighted by molar-refractivity contribution is 7.09. The van der Waals surface area contributed by atoms with Crippen LogP contribution >= 0.6 is 11.3 Å². The van der Waals surface area contributed by atoms with Gasteiger partial charge in [-0.1, -0.05) is 6.07 Å². The molecule has 0 aliphatic heterocycles. The van der Waals surface area contributed by atoms with Gasteiger partial charge in [-0.25, -0.2) is 0 Å². The summed E-state index contributed by atoms with van der Waals surface area (Å²) >= 11 is 1.53. The minimum atomic E-state index is -0.559. The Bertz CT molecular complexity index is 637. The van der Waals surface area contributed by atoms with Gasteiger partial charge in [0.2, 0.25) is 0 Å².